The van der Waals surface area contributed by atoms with Crippen molar-refractivity contribution in [1.29, 1.82) is 0 Å². The standard InChI is InChI=1S/C20H18O8/c1-24-15-5-4-11(6-17(15)25-2)16-9-14(22)20-13(21)7-12(8-18(20)28-16)27-10-19(23)26-3/h4-9,21H,10H2,1-3H3. The molecule has 0 aliphatic carbocycles. The molecule has 2 aromatic carbocycles. The van der Waals surface area contributed by atoms with Gasteiger partial charge in [-0.1, -0.05) is 0 Å². The van der Waals surface area contributed by atoms with Crippen LogP contribution in [-0.4, -0.2) is 39.0 Å². The van der Waals surface area contributed by atoms with E-state index >= 15 is 0 Å². The average molecular weight is 386 g/mol. The molecule has 8 nitrogen and oxygen atoms in total. The fraction of sp³-hybridized carbons (Fsp3) is 0.200. The van der Waals surface area contributed by atoms with Gasteiger partial charge in [-0.15, -0.1) is 0 Å². The van der Waals surface area contributed by atoms with Crippen molar-refractivity contribution in [2.24, 2.45) is 0 Å². The number of rotatable bonds is 6. The Bertz CT molecular complexity index is 1080. The van der Waals surface area contributed by atoms with Gasteiger partial charge in [0, 0.05) is 23.8 Å². The van der Waals surface area contributed by atoms with E-state index in [1.165, 1.54) is 39.5 Å². The van der Waals surface area contributed by atoms with Crippen molar-refractivity contribution in [1.82, 2.24) is 0 Å². The number of benzene rings is 2. The minimum absolute atomic E-state index is 0.00893. The van der Waals surface area contributed by atoms with Crippen LogP contribution in [-0.2, 0) is 9.53 Å². The van der Waals surface area contributed by atoms with Crippen molar-refractivity contribution < 1.29 is 33.3 Å². The quantitative estimate of drug-likeness (QED) is 0.645. The van der Waals surface area contributed by atoms with Gasteiger partial charge in [0.2, 0.25) is 0 Å². The van der Waals surface area contributed by atoms with Crippen LogP contribution in [0.15, 0.2) is 45.6 Å². The highest BCUT2D eigenvalue weighted by Crippen LogP contribution is 2.34. The maximum Gasteiger partial charge on any atom is 0.343 e. The molecule has 0 saturated carbocycles. The number of carbonyl (C=O) groups excluding carboxylic acids is 1. The van der Waals surface area contributed by atoms with Crippen LogP contribution in [0, 0.1) is 0 Å². The number of methoxy groups -OCH3 is 3. The highest BCUT2D eigenvalue weighted by Gasteiger charge is 2.15. The molecule has 0 saturated heterocycles. The summed E-state index contributed by atoms with van der Waals surface area (Å²) in [7, 11) is 4.26. The number of ether oxygens (including phenoxy) is 4. The minimum Gasteiger partial charge on any atom is -0.507 e. The molecule has 0 amide bonds. The molecule has 146 valence electrons. The number of hydrogen-bond donors (Lipinski definition) is 1. The first-order valence-corrected chi connectivity index (χ1v) is 8.19. The third-order valence-electron chi connectivity index (χ3n) is 4.04. The molecule has 0 fully saturated rings. The van der Waals surface area contributed by atoms with Gasteiger partial charge in [0.25, 0.3) is 0 Å². The summed E-state index contributed by atoms with van der Waals surface area (Å²) in [5.74, 6) is 0.530. The molecule has 8 heteroatoms. The topological polar surface area (TPSA) is 104 Å². The van der Waals surface area contributed by atoms with Crippen LogP contribution in [0.5, 0.6) is 23.0 Å². The Kier molecular flexibility index (Phi) is 5.39. The molecular weight excluding hydrogens is 368 g/mol. The molecule has 1 N–H and O–H groups in total. The predicted octanol–water partition coefficient (Wildman–Crippen LogP) is 2.73. The van der Waals surface area contributed by atoms with Crippen LogP contribution in [0.3, 0.4) is 0 Å². The van der Waals surface area contributed by atoms with E-state index in [-0.39, 0.29) is 34.8 Å². The fourth-order valence-corrected chi connectivity index (χ4v) is 2.66. The third kappa shape index (κ3) is 3.71. The van der Waals surface area contributed by atoms with Crippen molar-refractivity contribution in [3.8, 4) is 34.3 Å². The lowest BCUT2D eigenvalue weighted by atomic mass is 10.1. The van der Waals surface area contributed by atoms with Crippen LogP contribution in [0.2, 0.25) is 0 Å². The summed E-state index contributed by atoms with van der Waals surface area (Å²) in [6.45, 7) is -0.346. The number of esters is 1. The summed E-state index contributed by atoms with van der Waals surface area (Å²) in [5, 5.41) is 10.2. The molecule has 0 bridgehead atoms. The zero-order chi connectivity index (χ0) is 20.3. The molecule has 3 aromatic rings. The third-order valence-corrected chi connectivity index (χ3v) is 4.04. The summed E-state index contributed by atoms with van der Waals surface area (Å²) in [6, 6.07) is 9.00. The highest BCUT2D eigenvalue weighted by molar-refractivity contribution is 5.86. The van der Waals surface area contributed by atoms with Gasteiger partial charge in [-0.05, 0) is 18.2 Å². The molecule has 3 rings (SSSR count). The first kappa shape index (κ1) is 19.1. The van der Waals surface area contributed by atoms with Gasteiger partial charge in [0.1, 0.15) is 28.2 Å². The van der Waals surface area contributed by atoms with Crippen LogP contribution in [0.4, 0.5) is 0 Å². The second-order valence-electron chi connectivity index (χ2n) is 5.73. The summed E-state index contributed by atoms with van der Waals surface area (Å²) < 4.78 is 26.0. The van der Waals surface area contributed by atoms with Gasteiger partial charge in [0.15, 0.2) is 23.5 Å². The predicted molar refractivity (Wildman–Crippen MR) is 100 cm³/mol. The zero-order valence-electron chi connectivity index (χ0n) is 15.5. The lowest BCUT2D eigenvalue weighted by molar-refractivity contribution is -0.142. The largest absolute Gasteiger partial charge is 0.507 e. The Labute approximate surface area is 159 Å². The van der Waals surface area contributed by atoms with E-state index in [0.717, 1.165) is 0 Å². The number of aromatic hydroxyl groups is 1. The molecule has 28 heavy (non-hydrogen) atoms. The Morgan fingerprint density at radius 3 is 2.46 bits per heavy atom. The number of phenols is 1. The van der Waals surface area contributed by atoms with Gasteiger partial charge in [-0.2, -0.15) is 0 Å². The fourth-order valence-electron chi connectivity index (χ4n) is 2.66. The van der Waals surface area contributed by atoms with E-state index in [1.54, 1.807) is 18.2 Å². The van der Waals surface area contributed by atoms with Gasteiger partial charge in [-0.25, -0.2) is 4.79 Å². The average Bonchev–Trinajstić information content (AvgIpc) is 2.70. The second kappa shape index (κ2) is 7.91. The summed E-state index contributed by atoms with van der Waals surface area (Å²) in [4.78, 5) is 23.7. The maximum atomic E-state index is 12.5. The molecule has 1 aromatic heterocycles. The van der Waals surface area contributed by atoms with Gasteiger partial charge >= 0.3 is 5.97 Å². The first-order chi connectivity index (χ1) is 13.5. The molecule has 0 radical (unpaired) electrons. The Morgan fingerprint density at radius 1 is 1.04 bits per heavy atom. The number of hydrogen-bond acceptors (Lipinski definition) is 8. The molecule has 0 aliphatic rings. The number of fused-ring (bicyclic) bond motifs is 1. The van der Waals surface area contributed by atoms with Crippen molar-refractivity contribution in [3.05, 3.63) is 46.6 Å². The minimum atomic E-state index is -0.583. The smallest absolute Gasteiger partial charge is 0.343 e. The molecule has 1 heterocycles. The molecule has 0 spiro atoms. The summed E-state index contributed by atoms with van der Waals surface area (Å²) in [6.07, 6.45) is 0. The molecule has 0 aliphatic heterocycles. The van der Waals surface area contributed by atoms with E-state index in [9.17, 15) is 14.7 Å². The van der Waals surface area contributed by atoms with Crippen LogP contribution >= 0.6 is 0 Å². The second-order valence-corrected chi connectivity index (χ2v) is 5.73. The van der Waals surface area contributed by atoms with Gasteiger partial charge in [-0.3, -0.25) is 4.79 Å². The Balaban J connectivity index is 2.08. The van der Waals surface area contributed by atoms with Crippen molar-refractivity contribution in [2.45, 2.75) is 0 Å². The van der Waals surface area contributed by atoms with E-state index in [2.05, 4.69) is 4.74 Å². The number of phenolic OH excluding ortho intramolecular Hbond substituents is 1. The van der Waals surface area contributed by atoms with E-state index in [1.807, 2.05) is 0 Å². The van der Waals surface area contributed by atoms with E-state index < -0.39 is 11.4 Å². The first-order valence-electron chi connectivity index (χ1n) is 8.19. The van der Waals surface area contributed by atoms with E-state index in [0.29, 0.717) is 17.1 Å². The zero-order valence-corrected chi connectivity index (χ0v) is 15.5. The monoisotopic (exact) mass is 386 g/mol. The van der Waals surface area contributed by atoms with Crippen LogP contribution < -0.4 is 19.6 Å². The van der Waals surface area contributed by atoms with Crippen molar-refractivity contribution >= 4 is 16.9 Å². The maximum absolute atomic E-state index is 12.5. The van der Waals surface area contributed by atoms with Crippen molar-refractivity contribution in [3.63, 3.8) is 0 Å². The van der Waals surface area contributed by atoms with Crippen molar-refractivity contribution in [2.75, 3.05) is 27.9 Å². The van der Waals surface area contributed by atoms with Crippen LogP contribution in [0.25, 0.3) is 22.3 Å². The highest BCUT2D eigenvalue weighted by atomic mass is 16.6. The Morgan fingerprint density at radius 2 is 1.79 bits per heavy atom. The molecule has 0 atom stereocenters. The lowest BCUT2D eigenvalue weighted by Crippen LogP contribution is -2.12. The van der Waals surface area contributed by atoms with Gasteiger partial charge < -0.3 is 28.5 Å². The summed E-state index contributed by atoms with van der Waals surface area (Å²) >= 11 is 0. The van der Waals surface area contributed by atoms with E-state index in [4.69, 9.17) is 18.6 Å². The van der Waals surface area contributed by atoms with Crippen LogP contribution in [0.1, 0.15) is 0 Å². The lowest BCUT2D eigenvalue weighted by Gasteiger charge is -2.11. The summed E-state index contributed by atoms with van der Waals surface area (Å²) in [5.41, 5.74) is 0.261. The molecule has 0 unspecified atom stereocenters. The Hall–Kier alpha value is -3.68. The SMILES string of the molecule is COC(=O)COc1cc(O)c2c(=O)cc(-c3ccc(OC)c(OC)c3)oc2c1. The van der Waals surface area contributed by atoms with Gasteiger partial charge in [0.05, 0.1) is 21.3 Å². The normalized spacial score (nSPS) is 10.5. The molecular formula is C20H18O8. The number of carbonyl (C=O) groups is 1.